The fourth-order valence-corrected chi connectivity index (χ4v) is 2.35. The van der Waals surface area contributed by atoms with Gasteiger partial charge in [0, 0.05) is 25.3 Å². The van der Waals surface area contributed by atoms with E-state index < -0.39 is 0 Å². The Bertz CT molecular complexity index is 421. The fraction of sp³-hybridized carbons (Fsp3) is 0.588. The van der Waals surface area contributed by atoms with Crippen LogP contribution in [0.25, 0.3) is 0 Å². The maximum atomic E-state index is 12.7. The smallest absolute Gasteiger partial charge is 0.256 e. The van der Waals surface area contributed by atoms with E-state index in [9.17, 15) is 9.90 Å². The molecule has 4 heteroatoms. The average Bonchev–Trinajstić information content (AvgIpc) is 2.50. The van der Waals surface area contributed by atoms with Crippen LogP contribution in [-0.4, -0.2) is 42.2 Å². The lowest BCUT2D eigenvalue weighted by Crippen LogP contribution is -2.35. The molecule has 0 fully saturated rings. The van der Waals surface area contributed by atoms with E-state index in [0.29, 0.717) is 18.7 Å². The molecule has 0 heterocycles. The molecule has 21 heavy (non-hydrogen) atoms. The molecule has 0 bridgehead atoms. The zero-order valence-corrected chi connectivity index (χ0v) is 13.3. The van der Waals surface area contributed by atoms with Crippen molar-refractivity contribution in [3.05, 3.63) is 29.8 Å². The minimum Gasteiger partial charge on any atom is -0.395 e. The molecule has 1 rings (SSSR count). The molecule has 1 aromatic rings. The first kappa shape index (κ1) is 17.5. The van der Waals surface area contributed by atoms with Gasteiger partial charge in [-0.2, -0.15) is 0 Å². The molecule has 0 aliphatic carbocycles. The van der Waals surface area contributed by atoms with Crippen molar-refractivity contribution in [2.75, 3.05) is 31.6 Å². The number of unbranched alkanes of at least 4 members (excludes halogenated alkanes) is 3. The van der Waals surface area contributed by atoms with E-state index >= 15 is 0 Å². The third kappa shape index (κ3) is 5.76. The third-order valence-corrected chi connectivity index (χ3v) is 3.46. The van der Waals surface area contributed by atoms with Gasteiger partial charge in [-0.05, 0) is 25.5 Å². The van der Waals surface area contributed by atoms with Gasteiger partial charge in [-0.15, -0.1) is 0 Å². The van der Waals surface area contributed by atoms with Crippen molar-refractivity contribution in [2.24, 2.45) is 0 Å². The fourth-order valence-electron chi connectivity index (χ4n) is 2.35. The average molecular weight is 292 g/mol. The molecule has 0 aliphatic rings. The van der Waals surface area contributed by atoms with Gasteiger partial charge in [-0.1, -0.05) is 38.3 Å². The molecule has 0 radical (unpaired) electrons. The van der Waals surface area contributed by atoms with Crippen molar-refractivity contribution in [2.45, 2.75) is 39.5 Å². The highest BCUT2D eigenvalue weighted by Gasteiger charge is 2.17. The molecular weight excluding hydrogens is 264 g/mol. The summed E-state index contributed by atoms with van der Waals surface area (Å²) >= 11 is 0. The van der Waals surface area contributed by atoms with Crippen molar-refractivity contribution in [1.29, 1.82) is 0 Å². The van der Waals surface area contributed by atoms with Crippen LogP contribution in [0.15, 0.2) is 24.3 Å². The number of carbonyl (C=O) groups is 1. The summed E-state index contributed by atoms with van der Waals surface area (Å²) in [6.07, 6.45) is 4.48. The molecule has 1 amide bonds. The minimum absolute atomic E-state index is 0.00269. The van der Waals surface area contributed by atoms with Gasteiger partial charge in [0.2, 0.25) is 0 Å². The molecule has 0 spiro atoms. The van der Waals surface area contributed by atoms with Gasteiger partial charge in [-0.3, -0.25) is 4.79 Å². The van der Waals surface area contributed by atoms with Crippen LogP contribution in [0, 0.1) is 0 Å². The Hall–Kier alpha value is -1.55. The van der Waals surface area contributed by atoms with E-state index in [0.717, 1.165) is 25.1 Å². The van der Waals surface area contributed by atoms with Crippen molar-refractivity contribution in [3.63, 3.8) is 0 Å². The van der Waals surface area contributed by atoms with Gasteiger partial charge in [0.25, 0.3) is 5.91 Å². The monoisotopic (exact) mass is 292 g/mol. The summed E-state index contributed by atoms with van der Waals surface area (Å²) in [6.45, 7) is 6.07. The number of aliphatic hydroxyl groups is 1. The number of hydrogen-bond donors (Lipinski definition) is 2. The van der Waals surface area contributed by atoms with E-state index in [-0.39, 0.29) is 12.5 Å². The molecule has 0 saturated carbocycles. The molecule has 0 unspecified atom stereocenters. The molecule has 0 aliphatic heterocycles. The van der Waals surface area contributed by atoms with E-state index in [2.05, 4.69) is 12.2 Å². The maximum absolute atomic E-state index is 12.7. The van der Waals surface area contributed by atoms with Crippen LogP contribution in [0.3, 0.4) is 0 Å². The number of anilines is 1. The first-order chi connectivity index (χ1) is 10.2. The zero-order chi connectivity index (χ0) is 15.5. The zero-order valence-electron chi connectivity index (χ0n) is 13.3. The highest BCUT2D eigenvalue weighted by atomic mass is 16.3. The molecule has 1 aromatic carbocycles. The lowest BCUT2D eigenvalue weighted by Gasteiger charge is -2.23. The number of nitrogens with zero attached hydrogens (tertiary/aromatic N) is 1. The van der Waals surface area contributed by atoms with Gasteiger partial charge in [0.1, 0.15) is 0 Å². The molecule has 4 nitrogen and oxygen atoms in total. The van der Waals surface area contributed by atoms with Crippen molar-refractivity contribution in [3.8, 4) is 0 Å². The molecular formula is C17H28N2O2. The third-order valence-electron chi connectivity index (χ3n) is 3.46. The number of rotatable bonds is 10. The molecule has 0 aromatic heterocycles. The van der Waals surface area contributed by atoms with E-state index in [1.165, 1.54) is 12.8 Å². The highest BCUT2D eigenvalue weighted by Crippen LogP contribution is 2.17. The summed E-state index contributed by atoms with van der Waals surface area (Å²) in [5, 5.41) is 12.4. The summed E-state index contributed by atoms with van der Waals surface area (Å²) in [4.78, 5) is 14.4. The summed E-state index contributed by atoms with van der Waals surface area (Å²) in [7, 11) is 0. The SMILES string of the molecule is CCCCCCN(CCO)C(=O)c1ccccc1NCC. The Morgan fingerprint density at radius 3 is 2.57 bits per heavy atom. The highest BCUT2D eigenvalue weighted by molar-refractivity contribution is 5.99. The number of aliphatic hydroxyl groups excluding tert-OH is 1. The Morgan fingerprint density at radius 2 is 1.90 bits per heavy atom. The lowest BCUT2D eigenvalue weighted by molar-refractivity contribution is 0.0719. The van der Waals surface area contributed by atoms with Crippen LogP contribution in [0.4, 0.5) is 5.69 Å². The van der Waals surface area contributed by atoms with Crippen LogP contribution in [0.1, 0.15) is 49.9 Å². The number of amides is 1. The Morgan fingerprint density at radius 1 is 1.14 bits per heavy atom. The van der Waals surface area contributed by atoms with E-state index in [4.69, 9.17) is 0 Å². The van der Waals surface area contributed by atoms with Crippen LogP contribution in [0.5, 0.6) is 0 Å². The van der Waals surface area contributed by atoms with E-state index in [1.54, 1.807) is 4.90 Å². The number of carbonyl (C=O) groups excluding carboxylic acids is 1. The standard InChI is InChI=1S/C17H28N2O2/c1-3-5-6-9-12-19(13-14-20)17(21)15-10-7-8-11-16(15)18-4-2/h7-8,10-11,18,20H,3-6,9,12-14H2,1-2H3. The van der Waals surface area contributed by atoms with Crippen molar-refractivity contribution in [1.82, 2.24) is 4.90 Å². The summed E-state index contributed by atoms with van der Waals surface area (Å²) in [5.74, 6) is -0.00269. The largest absolute Gasteiger partial charge is 0.395 e. The van der Waals surface area contributed by atoms with Gasteiger partial charge in [0.15, 0.2) is 0 Å². The maximum Gasteiger partial charge on any atom is 0.256 e. The van der Waals surface area contributed by atoms with E-state index in [1.807, 2.05) is 31.2 Å². The molecule has 0 saturated heterocycles. The summed E-state index contributed by atoms with van der Waals surface area (Å²) in [5.41, 5.74) is 1.55. The van der Waals surface area contributed by atoms with Crippen LogP contribution < -0.4 is 5.32 Å². The van der Waals surface area contributed by atoms with Crippen molar-refractivity contribution < 1.29 is 9.90 Å². The van der Waals surface area contributed by atoms with Gasteiger partial charge < -0.3 is 15.3 Å². The van der Waals surface area contributed by atoms with Crippen molar-refractivity contribution >= 4 is 11.6 Å². The number of benzene rings is 1. The number of hydrogen-bond acceptors (Lipinski definition) is 3. The summed E-state index contributed by atoms with van der Waals surface area (Å²) in [6, 6.07) is 7.57. The second-order valence-electron chi connectivity index (χ2n) is 5.15. The first-order valence-corrected chi connectivity index (χ1v) is 7.97. The van der Waals surface area contributed by atoms with Gasteiger partial charge in [-0.25, -0.2) is 0 Å². The summed E-state index contributed by atoms with van der Waals surface area (Å²) < 4.78 is 0. The van der Waals surface area contributed by atoms with Crippen LogP contribution in [0.2, 0.25) is 0 Å². The van der Waals surface area contributed by atoms with Crippen LogP contribution in [-0.2, 0) is 0 Å². The second kappa shape index (κ2) is 10.2. The lowest BCUT2D eigenvalue weighted by atomic mass is 10.1. The Kier molecular flexibility index (Phi) is 8.51. The number of nitrogens with one attached hydrogen (secondary N) is 1. The number of para-hydroxylation sites is 1. The minimum atomic E-state index is -0.00269. The molecule has 2 N–H and O–H groups in total. The van der Waals surface area contributed by atoms with Crippen LogP contribution >= 0.6 is 0 Å². The van der Waals surface area contributed by atoms with Gasteiger partial charge in [0.05, 0.1) is 12.2 Å². The predicted molar refractivity (Wildman–Crippen MR) is 87.7 cm³/mol. The quantitative estimate of drug-likeness (QED) is 0.651. The first-order valence-electron chi connectivity index (χ1n) is 7.97. The van der Waals surface area contributed by atoms with Gasteiger partial charge >= 0.3 is 0 Å². The Labute approximate surface area is 128 Å². The topological polar surface area (TPSA) is 52.6 Å². The molecule has 0 atom stereocenters. The normalized spacial score (nSPS) is 10.4. The molecule has 118 valence electrons. The predicted octanol–water partition coefficient (Wildman–Crippen LogP) is 3.13. The Balaban J connectivity index is 2.75. The second-order valence-corrected chi connectivity index (χ2v) is 5.15.